The van der Waals surface area contributed by atoms with Crippen LogP contribution in [0.3, 0.4) is 0 Å². The first-order valence-electron chi connectivity index (χ1n) is 4.00. The third-order valence-corrected chi connectivity index (χ3v) is 2.39. The van der Waals surface area contributed by atoms with E-state index in [0.29, 0.717) is 0 Å². The summed E-state index contributed by atoms with van der Waals surface area (Å²) in [7, 11) is 0. The van der Waals surface area contributed by atoms with Gasteiger partial charge in [0.25, 0.3) is 0 Å². The molecule has 0 bridgehead atoms. The van der Waals surface area contributed by atoms with Gasteiger partial charge in [-0.15, -0.1) is 0 Å². The molecule has 4 nitrogen and oxygen atoms in total. The van der Waals surface area contributed by atoms with Gasteiger partial charge in [-0.2, -0.15) is 9.90 Å². The zero-order valence-electron chi connectivity index (χ0n) is 8.02. The van der Waals surface area contributed by atoms with E-state index in [9.17, 15) is 13.6 Å². The topological polar surface area (TPSA) is 55.8 Å². The summed E-state index contributed by atoms with van der Waals surface area (Å²) in [5.74, 6) is -3.52. The Hall–Kier alpha value is 0.563. The maximum Gasteiger partial charge on any atom is -0.153 e. The van der Waals surface area contributed by atoms with Crippen molar-refractivity contribution in [3.8, 4) is 0 Å². The average Bonchev–Trinajstić information content (AvgIpc) is 2.28. The van der Waals surface area contributed by atoms with Crippen molar-refractivity contribution in [2.24, 2.45) is 0 Å². The average molecular weight is 438 g/mol. The summed E-state index contributed by atoms with van der Waals surface area (Å²) in [5.41, 5.74) is 0. The third kappa shape index (κ3) is 3.26. The quantitative estimate of drug-likeness (QED) is 0.504. The smallest absolute Gasteiger partial charge is 0.153 e. The van der Waals surface area contributed by atoms with Gasteiger partial charge in [-0.1, -0.05) is 0 Å². The number of alkyl halides is 2. The normalized spacial score (nSPS) is 33.3. The first kappa shape index (κ1) is 15.6. The molecule has 1 N–H and O–H groups in total. The van der Waals surface area contributed by atoms with Crippen LogP contribution in [-0.2, 0) is 9.47 Å². The largest absolute Gasteiger partial charge is 0.153 e. The van der Waals surface area contributed by atoms with Crippen molar-refractivity contribution in [3.63, 3.8) is 0 Å². The molecule has 0 amide bonds. The third-order valence-electron chi connectivity index (χ3n) is 1.98. The van der Waals surface area contributed by atoms with Crippen molar-refractivity contribution in [1.29, 1.82) is 0 Å². The van der Waals surface area contributed by atoms with Gasteiger partial charge in [0.05, 0.1) is 0 Å². The van der Waals surface area contributed by atoms with Crippen LogP contribution >= 0.6 is 9.90 Å². The van der Waals surface area contributed by atoms with Gasteiger partial charge in [0.15, 0.2) is 0 Å². The minimum atomic E-state index is -3.52. The minimum Gasteiger partial charge on any atom is -0.153 e. The van der Waals surface area contributed by atoms with Crippen LogP contribution in [0.1, 0.15) is 13.3 Å². The van der Waals surface area contributed by atoms with Gasteiger partial charge >= 0.3 is 94.3 Å². The van der Waals surface area contributed by atoms with Gasteiger partial charge in [0.1, 0.15) is 0 Å². The molecular weight excluding hydrogens is 426 g/mol. The molecule has 0 aromatic carbocycles. The molecule has 1 saturated heterocycles. The summed E-state index contributed by atoms with van der Waals surface area (Å²) in [4.78, 5) is 10.6. The standard InChI is InChI=1S/C7H9F2O4.Bi.H3P/c1-2-4-5(12-3-10)7(8,9)6(11)13-4;;/h4-6,11H,2H2,1H3;;1H3/t4-,5?,6?;;/m1../s1. The van der Waals surface area contributed by atoms with Crippen LogP contribution in [0.5, 0.6) is 0 Å². The second-order valence-corrected chi connectivity index (χ2v) is 4.33. The summed E-state index contributed by atoms with van der Waals surface area (Å²) < 4.78 is 34.7. The number of rotatable bonds is 2. The number of carbonyl (C=O) groups is 1. The molecule has 0 aliphatic carbocycles. The van der Waals surface area contributed by atoms with Crippen LogP contribution < -0.4 is 0 Å². The monoisotopic (exact) mass is 438 g/mol. The van der Waals surface area contributed by atoms with E-state index in [1.54, 1.807) is 6.92 Å². The van der Waals surface area contributed by atoms with Gasteiger partial charge in [-0.25, -0.2) is 0 Å². The second kappa shape index (κ2) is 5.76. The van der Waals surface area contributed by atoms with Crippen LogP contribution in [0, 0.1) is 0 Å². The molecule has 88 valence electrons. The van der Waals surface area contributed by atoms with Gasteiger partial charge in [-0.3, -0.25) is 0 Å². The molecule has 2 radical (unpaired) electrons. The molecule has 1 aliphatic rings. The van der Waals surface area contributed by atoms with Crippen molar-refractivity contribution in [2.45, 2.75) is 37.8 Å². The Morgan fingerprint density at radius 3 is 2.60 bits per heavy atom. The molecule has 0 spiro atoms. The Morgan fingerprint density at radius 2 is 2.20 bits per heavy atom. The summed E-state index contributed by atoms with van der Waals surface area (Å²) in [6, 6.07) is 0. The summed E-state index contributed by atoms with van der Waals surface area (Å²) in [6.07, 6.45) is -4.54. The van der Waals surface area contributed by atoms with Crippen LogP contribution in [0.4, 0.5) is 13.6 Å². The number of aliphatic hydroxyl groups excluding tert-OH is 1. The van der Waals surface area contributed by atoms with E-state index in [1.807, 2.05) is 0 Å². The SMILES string of the molecule is CC[C@H]1OC(O)C(F)(F)C1O[C](=O)[Bi].P. The number of hydrogen-bond acceptors (Lipinski definition) is 4. The molecule has 1 fully saturated rings. The molecule has 0 saturated carbocycles. The second-order valence-electron chi connectivity index (χ2n) is 2.91. The fourth-order valence-corrected chi connectivity index (χ4v) is 1.73. The van der Waals surface area contributed by atoms with Gasteiger partial charge in [0, 0.05) is 0 Å². The van der Waals surface area contributed by atoms with Crippen molar-refractivity contribution in [3.05, 3.63) is 0 Å². The van der Waals surface area contributed by atoms with E-state index in [4.69, 9.17) is 5.11 Å². The van der Waals surface area contributed by atoms with Crippen molar-refractivity contribution >= 4 is 38.3 Å². The minimum absolute atomic E-state index is 0. The Labute approximate surface area is 104 Å². The number of ether oxygens (including phenoxy) is 2. The van der Waals surface area contributed by atoms with E-state index >= 15 is 0 Å². The van der Waals surface area contributed by atoms with E-state index < -0.39 is 28.1 Å². The molecule has 3 unspecified atom stereocenters. The van der Waals surface area contributed by atoms with Crippen LogP contribution in [0.25, 0.3) is 0 Å². The first-order valence-corrected chi connectivity index (χ1v) is 5.74. The van der Waals surface area contributed by atoms with Crippen molar-refractivity contribution in [2.75, 3.05) is 0 Å². The van der Waals surface area contributed by atoms with Crippen LogP contribution in [0.2, 0.25) is 0 Å². The number of hydrogen-bond donors (Lipinski definition) is 1. The van der Waals surface area contributed by atoms with E-state index in [1.165, 1.54) is 0 Å². The van der Waals surface area contributed by atoms with E-state index in [-0.39, 0.29) is 41.0 Å². The zero-order valence-corrected chi connectivity index (χ0v) is 12.9. The maximum absolute atomic E-state index is 13.2. The number of halogens is 2. The molecule has 1 heterocycles. The van der Waals surface area contributed by atoms with E-state index in [2.05, 4.69) is 9.47 Å². The van der Waals surface area contributed by atoms with E-state index in [0.717, 1.165) is 0 Å². The molecule has 1 aliphatic heterocycles. The molecule has 1 rings (SSSR count). The molecule has 0 aromatic rings. The Bertz CT molecular complexity index is 241. The molecular formula is C7H12BiF2O4P. The first-order chi connectivity index (χ1) is 6.39. The summed E-state index contributed by atoms with van der Waals surface area (Å²) in [5, 5.41) is 8.89. The summed E-state index contributed by atoms with van der Waals surface area (Å²) >= 11 is 0.238. The van der Waals surface area contributed by atoms with Crippen molar-refractivity contribution < 1.29 is 28.2 Å². The fourth-order valence-electron chi connectivity index (χ4n) is 1.29. The van der Waals surface area contributed by atoms with Crippen LogP contribution in [-0.4, -0.2) is 57.9 Å². The van der Waals surface area contributed by atoms with Crippen molar-refractivity contribution in [1.82, 2.24) is 0 Å². The zero-order chi connectivity index (χ0) is 10.9. The predicted molar refractivity (Wildman–Crippen MR) is 53.2 cm³/mol. The van der Waals surface area contributed by atoms with Crippen LogP contribution in [0.15, 0.2) is 0 Å². The predicted octanol–water partition coefficient (Wildman–Crippen LogP) is 0.481. The molecule has 15 heavy (non-hydrogen) atoms. The van der Waals surface area contributed by atoms with Gasteiger partial charge in [0.2, 0.25) is 0 Å². The Morgan fingerprint density at radius 1 is 1.67 bits per heavy atom. The Kier molecular flexibility index (Phi) is 5.98. The number of carbonyl (C=O) groups excluding carboxylic acids is 1. The fraction of sp³-hybridized carbons (Fsp3) is 0.857. The summed E-state index contributed by atoms with van der Waals surface area (Å²) in [6.45, 7) is 1.62. The maximum atomic E-state index is 13.2. The Balaban J connectivity index is 0.00000196. The van der Waals surface area contributed by atoms with Gasteiger partial charge in [-0.05, 0) is 0 Å². The number of aliphatic hydroxyl groups is 1. The molecule has 8 heteroatoms. The molecule has 0 aromatic heterocycles. The van der Waals surface area contributed by atoms with Gasteiger partial charge < -0.3 is 0 Å². The molecule has 4 atom stereocenters.